The van der Waals surface area contributed by atoms with Gasteiger partial charge in [-0.3, -0.25) is 9.59 Å². The Labute approximate surface area is 153 Å². The minimum Gasteiger partial charge on any atom is -0.342 e. The van der Waals surface area contributed by atoms with E-state index in [1.54, 1.807) is 16.7 Å². The molecule has 2 amide bonds. The van der Waals surface area contributed by atoms with Gasteiger partial charge in [0.05, 0.1) is 11.4 Å². The van der Waals surface area contributed by atoms with Gasteiger partial charge in [-0.05, 0) is 36.8 Å². The van der Waals surface area contributed by atoms with Crippen molar-refractivity contribution in [2.75, 3.05) is 30.3 Å². The van der Waals surface area contributed by atoms with E-state index in [2.05, 4.69) is 11.0 Å². The third-order valence-electron chi connectivity index (χ3n) is 6.00. The van der Waals surface area contributed by atoms with Gasteiger partial charge in [-0.1, -0.05) is 31.4 Å². The number of carbonyl (C=O) groups excluding carboxylic acids is 2. The Morgan fingerprint density at radius 2 is 1.92 bits per heavy atom. The van der Waals surface area contributed by atoms with Gasteiger partial charge in [0.1, 0.15) is 0 Å². The van der Waals surface area contributed by atoms with E-state index >= 15 is 0 Å². The maximum atomic E-state index is 12.7. The molecule has 134 valence electrons. The molecule has 2 aliphatic heterocycles. The number of hydrogen-bond acceptors (Lipinski definition) is 3. The molecule has 2 heterocycles. The Kier molecular flexibility index (Phi) is 5.02. The molecule has 0 N–H and O–H groups in total. The van der Waals surface area contributed by atoms with Crippen LogP contribution in [0.25, 0.3) is 0 Å². The Balaban J connectivity index is 1.37. The number of carbonyl (C=O) groups is 2. The molecule has 25 heavy (non-hydrogen) atoms. The highest BCUT2D eigenvalue weighted by Crippen LogP contribution is 2.37. The zero-order valence-electron chi connectivity index (χ0n) is 14.7. The second-order valence-electron chi connectivity index (χ2n) is 7.48. The zero-order valence-corrected chi connectivity index (χ0v) is 15.5. The van der Waals surface area contributed by atoms with Gasteiger partial charge in [-0.15, -0.1) is 11.8 Å². The maximum Gasteiger partial charge on any atom is 0.237 e. The van der Waals surface area contributed by atoms with Gasteiger partial charge in [-0.25, -0.2) is 0 Å². The molecule has 0 radical (unpaired) electrons. The number of nitrogens with zero attached hydrogens (tertiary/aromatic N) is 2. The van der Waals surface area contributed by atoms with Crippen molar-refractivity contribution in [2.24, 2.45) is 11.8 Å². The maximum absolute atomic E-state index is 12.7. The molecule has 3 aliphatic rings. The lowest BCUT2D eigenvalue weighted by Gasteiger charge is -2.41. The topological polar surface area (TPSA) is 40.6 Å². The average molecular weight is 359 g/mol. The van der Waals surface area contributed by atoms with Gasteiger partial charge in [0, 0.05) is 31.0 Å². The second-order valence-corrected chi connectivity index (χ2v) is 8.50. The fourth-order valence-electron chi connectivity index (χ4n) is 4.59. The number of thioether (sulfide) groups is 1. The molecule has 1 saturated carbocycles. The fourth-order valence-corrected chi connectivity index (χ4v) is 5.53. The summed E-state index contributed by atoms with van der Waals surface area (Å²) in [6.45, 7) is 2.34. The third kappa shape index (κ3) is 3.57. The van der Waals surface area contributed by atoms with E-state index in [4.69, 9.17) is 0 Å². The van der Waals surface area contributed by atoms with Crippen LogP contribution in [0.5, 0.6) is 0 Å². The number of benzene rings is 1. The third-order valence-corrected chi connectivity index (χ3v) is 7.05. The van der Waals surface area contributed by atoms with Crippen molar-refractivity contribution < 1.29 is 9.59 Å². The van der Waals surface area contributed by atoms with Crippen LogP contribution < -0.4 is 4.90 Å². The van der Waals surface area contributed by atoms with Gasteiger partial charge in [0.2, 0.25) is 11.8 Å². The van der Waals surface area contributed by atoms with Crippen LogP contribution in [0.2, 0.25) is 0 Å². The van der Waals surface area contributed by atoms with Crippen LogP contribution in [-0.4, -0.2) is 42.1 Å². The van der Waals surface area contributed by atoms with Gasteiger partial charge in [-0.2, -0.15) is 0 Å². The van der Waals surface area contributed by atoms with Crippen molar-refractivity contribution in [1.82, 2.24) is 4.90 Å². The minimum atomic E-state index is 0.113. The molecule has 4 rings (SSSR count). The molecule has 5 heteroatoms. The van der Waals surface area contributed by atoms with Gasteiger partial charge < -0.3 is 9.80 Å². The Bertz CT molecular complexity index is 663. The summed E-state index contributed by atoms with van der Waals surface area (Å²) in [5.41, 5.74) is 0.961. The highest BCUT2D eigenvalue weighted by molar-refractivity contribution is 8.00. The number of anilines is 1. The molecule has 1 aromatic rings. The SMILES string of the molecule is O=C(CCN1C(=O)CSc2ccccc21)N1CC[C@@H]2CCCC[C@@H]2C1. The number of likely N-dealkylation sites (tertiary alicyclic amines) is 1. The van der Waals surface area contributed by atoms with Crippen LogP contribution in [0.15, 0.2) is 29.2 Å². The Hall–Kier alpha value is -1.49. The first-order chi connectivity index (χ1) is 12.2. The van der Waals surface area contributed by atoms with Crippen molar-refractivity contribution in [3.63, 3.8) is 0 Å². The second kappa shape index (κ2) is 7.40. The summed E-state index contributed by atoms with van der Waals surface area (Å²) in [5.74, 6) is 2.35. The molecule has 1 aliphatic carbocycles. The lowest BCUT2D eigenvalue weighted by atomic mass is 9.75. The average Bonchev–Trinajstić information content (AvgIpc) is 2.66. The van der Waals surface area contributed by atoms with Crippen LogP contribution in [0.1, 0.15) is 38.5 Å². The molecule has 0 aromatic heterocycles. The van der Waals surface area contributed by atoms with Crippen molar-refractivity contribution in [3.8, 4) is 0 Å². The smallest absolute Gasteiger partial charge is 0.237 e. The number of fused-ring (bicyclic) bond motifs is 2. The normalized spacial score (nSPS) is 26.2. The van der Waals surface area contributed by atoms with E-state index in [0.29, 0.717) is 24.6 Å². The van der Waals surface area contributed by atoms with Gasteiger partial charge >= 0.3 is 0 Å². The number of amides is 2. The summed E-state index contributed by atoms with van der Waals surface area (Å²) in [7, 11) is 0. The first-order valence-corrected chi connectivity index (χ1v) is 10.5. The molecule has 4 nitrogen and oxygen atoms in total. The van der Waals surface area contributed by atoms with Gasteiger partial charge in [0.15, 0.2) is 0 Å². The molecule has 1 aromatic carbocycles. The van der Waals surface area contributed by atoms with E-state index in [1.165, 1.54) is 32.1 Å². The summed E-state index contributed by atoms with van der Waals surface area (Å²) in [5, 5.41) is 0. The van der Waals surface area contributed by atoms with E-state index in [-0.39, 0.29) is 11.8 Å². The minimum absolute atomic E-state index is 0.113. The molecule has 0 spiro atoms. The molecule has 0 bridgehead atoms. The number of para-hydroxylation sites is 1. The summed E-state index contributed by atoms with van der Waals surface area (Å²) in [4.78, 5) is 30.0. The Morgan fingerprint density at radius 1 is 1.12 bits per heavy atom. The highest BCUT2D eigenvalue weighted by Gasteiger charge is 2.33. The standard InChI is InChI=1S/C20H26N2O2S/c23-19(21-11-9-15-5-1-2-6-16(15)13-21)10-12-22-17-7-3-4-8-18(17)25-14-20(22)24/h3-4,7-8,15-16H,1-2,5-6,9-14H2/t15-,16+/m0/s1. The lowest BCUT2D eigenvalue weighted by molar-refractivity contribution is -0.134. The quantitative estimate of drug-likeness (QED) is 0.830. The van der Waals surface area contributed by atoms with Crippen LogP contribution in [-0.2, 0) is 9.59 Å². The van der Waals surface area contributed by atoms with Crippen molar-refractivity contribution in [2.45, 2.75) is 43.4 Å². The Morgan fingerprint density at radius 3 is 2.80 bits per heavy atom. The molecule has 1 saturated heterocycles. The highest BCUT2D eigenvalue weighted by atomic mass is 32.2. The number of piperidine rings is 1. The fraction of sp³-hybridized carbons (Fsp3) is 0.600. The molecule has 2 fully saturated rings. The molecule has 2 atom stereocenters. The molecular weight excluding hydrogens is 332 g/mol. The monoisotopic (exact) mass is 358 g/mol. The van der Waals surface area contributed by atoms with Crippen LogP contribution in [0.3, 0.4) is 0 Å². The van der Waals surface area contributed by atoms with Crippen LogP contribution >= 0.6 is 11.8 Å². The summed E-state index contributed by atoms with van der Waals surface area (Å²) >= 11 is 1.59. The largest absolute Gasteiger partial charge is 0.342 e. The van der Waals surface area contributed by atoms with Crippen molar-refractivity contribution in [3.05, 3.63) is 24.3 Å². The molecule has 0 unspecified atom stereocenters. The first-order valence-electron chi connectivity index (χ1n) is 9.52. The van der Waals surface area contributed by atoms with Crippen molar-refractivity contribution in [1.29, 1.82) is 0 Å². The van der Waals surface area contributed by atoms with E-state index in [0.717, 1.165) is 29.6 Å². The predicted octanol–water partition coefficient (Wildman–Crippen LogP) is 3.55. The van der Waals surface area contributed by atoms with Crippen LogP contribution in [0, 0.1) is 11.8 Å². The van der Waals surface area contributed by atoms with Crippen molar-refractivity contribution >= 4 is 29.3 Å². The number of rotatable bonds is 3. The molecular formula is C20H26N2O2S. The predicted molar refractivity (Wildman–Crippen MR) is 101 cm³/mol. The van der Waals surface area contributed by atoms with E-state index in [9.17, 15) is 9.59 Å². The number of hydrogen-bond donors (Lipinski definition) is 0. The van der Waals surface area contributed by atoms with E-state index < -0.39 is 0 Å². The van der Waals surface area contributed by atoms with E-state index in [1.807, 2.05) is 18.2 Å². The van der Waals surface area contributed by atoms with Gasteiger partial charge in [0.25, 0.3) is 0 Å². The summed E-state index contributed by atoms with van der Waals surface area (Å²) < 4.78 is 0. The summed E-state index contributed by atoms with van der Waals surface area (Å²) in [6, 6.07) is 7.99. The lowest BCUT2D eigenvalue weighted by Crippen LogP contribution is -2.46. The summed E-state index contributed by atoms with van der Waals surface area (Å²) in [6.07, 6.45) is 6.91. The zero-order chi connectivity index (χ0) is 17.2. The van der Waals surface area contributed by atoms with Crippen LogP contribution in [0.4, 0.5) is 5.69 Å². The first kappa shape index (κ1) is 17.0.